The summed E-state index contributed by atoms with van der Waals surface area (Å²) in [5, 5.41) is 4.31. The van der Waals surface area contributed by atoms with Gasteiger partial charge < -0.3 is 5.32 Å². The topological polar surface area (TPSA) is 72.0 Å². The molecule has 0 radical (unpaired) electrons. The Hall–Kier alpha value is -2.47. The Morgan fingerprint density at radius 2 is 1.75 bits per heavy atom. The molecule has 1 aromatic heterocycles. The van der Waals surface area contributed by atoms with E-state index < -0.39 is 9.84 Å². The average Bonchev–Trinajstić information content (AvgIpc) is 2.54. The number of benzene rings is 2. The summed E-state index contributed by atoms with van der Waals surface area (Å²) in [6.07, 6.45) is 3.35. The first kappa shape index (κ1) is 16.4. The summed E-state index contributed by atoms with van der Waals surface area (Å²) in [6, 6.07) is 14.9. The maximum absolute atomic E-state index is 11.9. The summed E-state index contributed by atoms with van der Waals surface area (Å²) in [5.41, 5.74) is 1.68. The number of rotatable bonds is 5. The van der Waals surface area contributed by atoms with Crippen LogP contribution in [0.5, 0.6) is 0 Å². The number of para-hydroxylation sites is 1. The van der Waals surface area contributed by atoms with Gasteiger partial charge in [0.15, 0.2) is 9.84 Å². The van der Waals surface area contributed by atoms with E-state index in [1.54, 1.807) is 12.1 Å². The highest BCUT2D eigenvalue weighted by Crippen LogP contribution is 2.21. The molecule has 0 aliphatic rings. The highest BCUT2D eigenvalue weighted by atomic mass is 32.2. The van der Waals surface area contributed by atoms with Crippen molar-refractivity contribution in [3.05, 3.63) is 60.4 Å². The minimum atomic E-state index is -3.24. The van der Waals surface area contributed by atoms with Crippen LogP contribution in [-0.2, 0) is 16.3 Å². The Balaban J connectivity index is 1.85. The van der Waals surface area contributed by atoms with Crippen LogP contribution in [0.25, 0.3) is 10.9 Å². The molecule has 0 amide bonds. The summed E-state index contributed by atoms with van der Waals surface area (Å²) in [5.74, 6) is 0.755. The predicted molar refractivity (Wildman–Crippen MR) is 95.9 cm³/mol. The lowest BCUT2D eigenvalue weighted by Crippen LogP contribution is -2.20. The number of nitrogens with zero attached hydrogens (tertiary/aromatic N) is 2. The number of aromatic nitrogens is 2. The van der Waals surface area contributed by atoms with E-state index in [4.69, 9.17) is 0 Å². The Labute approximate surface area is 141 Å². The van der Waals surface area contributed by atoms with Crippen molar-refractivity contribution in [1.82, 2.24) is 9.97 Å². The van der Waals surface area contributed by atoms with E-state index in [-0.39, 0.29) is 6.04 Å². The van der Waals surface area contributed by atoms with Crippen molar-refractivity contribution in [2.45, 2.75) is 24.3 Å². The van der Waals surface area contributed by atoms with Gasteiger partial charge in [-0.1, -0.05) is 30.3 Å². The number of hydrogen-bond donors (Lipinski definition) is 1. The first-order valence-electron chi connectivity index (χ1n) is 7.69. The highest BCUT2D eigenvalue weighted by Gasteiger charge is 2.15. The first-order chi connectivity index (χ1) is 11.4. The molecule has 6 heteroatoms. The second kappa shape index (κ2) is 6.57. The molecule has 24 heavy (non-hydrogen) atoms. The van der Waals surface area contributed by atoms with Gasteiger partial charge in [-0.3, -0.25) is 0 Å². The summed E-state index contributed by atoms with van der Waals surface area (Å²) in [4.78, 5) is 8.95. The number of hydrogen-bond acceptors (Lipinski definition) is 5. The molecule has 1 unspecified atom stereocenters. The summed E-state index contributed by atoms with van der Waals surface area (Å²) in [6.45, 7) is 2.01. The van der Waals surface area contributed by atoms with Gasteiger partial charge in [0.25, 0.3) is 0 Å². The maximum Gasteiger partial charge on any atom is 0.175 e. The SMILES string of the molecule is CC(Cc1ccccc1S(C)(=O)=O)Nc1ncnc2ccccc12. The third kappa shape index (κ3) is 3.54. The Morgan fingerprint density at radius 1 is 1.04 bits per heavy atom. The molecule has 0 aliphatic carbocycles. The second-order valence-corrected chi connectivity index (χ2v) is 7.85. The zero-order valence-corrected chi connectivity index (χ0v) is 14.4. The normalized spacial score (nSPS) is 12.9. The van der Waals surface area contributed by atoms with Crippen LogP contribution in [0.3, 0.4) is 0 Å². The van der Waals surface area contributed by atoms with Crippen molar-refractivity contribution in [2.75, 3.05) is 11.6 Å². The van der Waals surface area contributed by atoms with Gasteiger partial charge in [-0.15, -0.1) is 0 Å². The van der Waals surface area contributed by atoms with Crippen LogP contribution in [0, 0.1) is 0 Å². The van der Waals surface area contributed by atoms with Crippen LogP contribution in [0.4, 0.5) is 5.82 Å². The molecule has 0 aliphatic heterocycles. The monoisotopic (exact) mass is 341 g/mol. The van der Waals surface area contributed by atoms with Crippen LogP contribution in [0.15, 0.2) is 59.8 Å². The molecule has 1 atom stereocenters. The molecule has 3 aromatic rings. The molecule has 0 spiro atoms. The standard InChI is InChI=1S/C18H19N3O2S/c1-13(11-14-7-3-6-10-17(14)24(2,22)23)21-18-15-8-4-5-9-16(15)19-12-20-18/h3-10,12-13H,11H2,1-2H3,(H,19,20,21). The first-order valence-corrected chi connectivity index (χ1v) is 9.58. The fraction of sp³-hybridized carbons (Fsp3) is 0.222. The smallest absolute Gasteiger partial charge is 0.175 e. The number of sulfone groups is 1. The molecule has 0 saturated carbocycles. The molecule has 124 valence electrons. The third-order valence-corrected chi connectivity index (χ3v) is 5.02. The second-order valence-electron chi connectivity index (χ2n) is 5.87. The molecule has 2 aromatic carbocycles. The number of anilines is 1. The Kier molecular flexibility index (Phi) is 4.49. The van der Waals surface area contributed by atoms with Crippen molar-refractivity contribution in [1.29, 1.82) is 0 Å². The van der Waals surface area contributed by atoms with E-state index in [9.17, 15) is 8.42 Å². The Morgan fingerprint density at radius 3 is 2.54 bits per heavy atom. The van der Waals surface area contributed by atoms with Crippen LogP contribution in [-0.4, -0.2) is 30.7 Å². The van der Waals surface area contributed by atoms with E-state index in [1.165, 1.54) is 12.6 Å². The fourth-order valence-electron chi connectivity index (χ4n) is 2.77. The van der Waals surface area contributed by atoms with Gasteiger partial charge in [0, 0.05) is 17.7 Å². The lowest BCUT2D eigenvalue weighted by atomic mass is 10.1. The molecule has 0 bridgehead atoms. The van der Waals surface area contributed by atoms with Crippen molar-refractivity contribution in [3.8, 4) is 0 Å². The maximum atomic E-state index is 11.9. The van der Waals surface area contributed by atoms with Gasteiger partial charge in [0.2, 0.25) is 0 Å². The fourth-order valence-corrected chi connectivity index (χ4v) is 3.72. The van der Waals surface area contributed by atoms with Crippen LogP contribution < -0.4 is 5.32 Å². The van der Waals surface area contributed by atoms with Crippen LogP contribution in [0.2, 0.25) is 0 Å². The molecule has 0 saturated heterocycles. The van der Waals surface area contributed by atoms with Crippen LogP contribution >= 0.6 is 0 Å². The zero-order valence-electron chi connectivity index (χ0n) is 13.6. The van der Waals surface area contributed by atoms with E-state index in [1.807, 2.05) is 43.3 Å². The Bertz CT molecular complexity index is 965. The zero-order chi connectivity index (χ0) is 17.2. The van der Waals surface area contributed by atoms with Gasteiger partial charge in [0.1, 0.15) is 12.1 Å². The van der Waals surface area contributed by atoms with Crippen molar-refractivity contribution in [2.24, 2.45) is 0 Å². The molecule has 0 fully saturated rings. The molecule has 5 nitrogen and oxygen atoms in total. The van der Waals surface area contributed by atoms with Crippen molar-refractivity contribution >= 4 is 26.6 Å². The molecule has 1 heterocycles. The molecular weight excluding hydrogens is 322 g/mol. The van der Waals surface area contributed by atoms with Gasteiger partial charge in [-0.2, -0.15) is 0 Å². The number of nitrogens with one attached hydrogen (secondary N) is 1. The van der Waals surface area contributed by atoms with Crippen molar-refractivity contribution in [3.63, 3.8) is 0 Å². The third-order valence-electron chi connectivity index (χ3n) is 3.82. The lowest BCUT2D eigenvalue weighted by molar-refractivity contribution is 0.600. The largest absolute Gasteiger partial charge is 0.367 e. The predicted octanol–water partition coefficient (Wildman–Crippen LogP) is 3.08. The van der Waals surface area contributed by atoms with Gasteiger partial charge in [0.05, 0.1) is 10.4 Å². The van der Waals surface area contributed by atoms with E-state index in [2.05, 4.69) is 15.3 Å². The lowest BCUT2D eigenvalue weighted by Gasteiger charge is -2.17. The molecular formula is C18H19N3O2S. The minimum Gasteiger partial charge on any atom is -0.367 e. The van der Waals surface area contributed by atoms with Gasteiger partial charge >= 0.3 is 0 Å². The van der Waals surface area contributed by atoms with Gasteiger partial charge in [-0.25, -0.2) is 18.4 Å². The average molecular weight is 341 g/mol. The van der Waals surface area contributed by atoms with Crippen LogP contribution in [0.1, 0.15) is 12.5 Å². The van der Waals surface area contributed by atoms with Gasteiger partial charge in [-0.05, 0) is 37.1 Å². The molecule has 1 N–H and O–H groups in total. The molecule has 3 rings (SSSR count). The summed E-state index contributed by atoms with van der Waals surface area (Å²) in [7, 11) is -3.24. The minimum absolute atomic E-state index is 0.0196. The van der Waals surface area contributed by atoms with E-state index in [0.29, 0.717) is 11.3 Å². The summed E-state index contributed by atoms with van der Waals surface area (Å²) >= 11 is 0. The quantitative estimate of drug-likeness (QED) is 0.772. The van der Waals surface area contributed by atoms with E-state index in [0.717, 1.165) is 22.3 Å². The number of fused-ring (bicyclic) bond motifs is 1. The summed E-state index contributed by atoms with van der Waals surface area (Å²) < 4.78 is 23.9. The highest BCUT2D eigenvalue weighted by molar-refractivity contribution is 7.90. The van der Waals surface area contributed by atoms with E-state index >= 15 is 0 Å². The van der Waals surface area contributed by atoms with Crippen molar-refractivity contribution < 1.29 is 8.42 Å².